The Morgan fingerprint density at radius 3 is 2.58 bits per heavy atom. The molecule has 0 N–H and O–H groups in total. The summed E-state index contributed by atoms with van der Waals surface area (Å²) in [6.07, 6.45) is 0.728. The van der Waals surface area contributed by atoms with E-state index in [1.807, 2.05) is 68.0 Å². The SMILES string of the molecule is CCOC(=O)Cc1c(C)cc2nc(-c3ccc4c(c3)c(N3CCC3=O)nn4C)sc2c1-c1ccc(Cl)cc1. The highest BCUT2D eigenvalue weighted by atomic mass is 35.5. The Hall–Kier alpha value is -3.75. The number of carbonyl (C=O) groups excluding carboxylic acids is 2. The molecule has 7 nitrogen and oxygen atoms in total. The van der Waals surface area contributed by atoms with Crippen LogP contribution in [0.25, 0.3) is 42.8 Å². The molecule has 38 heavy (non-hydrogen) atoms. The number of aryl methyl sites for hydroxylation is 2. The Morgan fingerprint density at radius 1 is 1.13 bits per heavy atom. The first-order valence-electron chi connectivity index (χ1n) is 12.5. The average Bonchev–Trinajstić information content (AvgIpc) is 3.45. The summed E-state index contributed by atoms with van der Waals surface area (Å²) in [5, 5.41) is 7.05. The van der Waals surface area contributed by atoms with Crippen LogP contribution in [0.2, 0.25) is 5.02 Å². The zero-order valence-corrected chi connectivity index (χ0v) is 22.8. The quantitative estimate of drug-likeness (QED) is 0.185. The van der Waals surface area contributed by atoms with Crippen LogP contribution in [0, 0.1) is 6.92 Å². The van der Waals surface area contributed by atoms with Gasteiger partial charge in [-0.3, -0.25) is 19.2 Å². The summed E-state index contributed by atoms with van der Waals surface area (Å²) >= 11 is 7.78. The Bertz CT molecular complexity index is 1740. The highest BCUT2D eigenvalue weighted by Crippen LogP contribution is 2.42. The molecule has 9 heteroatoms. The zero-order chi connectivity index (χ0) is 26.6. The van der Waals surface area contributed by atoms with Crippen molar-refractivity contribution < 1.29 is 14.3 Å². The van der Waals surface area contributed by atoms with E-state index in [4.69, 9.17) is 21.3 Å². The summed E-state index contributed by atoms with van der Waals surface area (Å²) in [4.78, 5) is 31.4. The fourth-order valence-electron chi connectivity index (χ4n) is 4.98. The molecule has 0 aliphatic carbocycles. The number of aromatic nitrogens is 3. The van der Waals surface area contributed by atoms with Crippen LogP contribution in [0.4, 0.5) is 5.82 Å². The number of fused-ring (bicyclic) bond motifs is 2. The van der Waals surface area contributed by atoms with E-state index in [0.29, 0.717) is 30.4 Å². The van der Waals surface area contributed by atoms with Crippen LogP contribution in [-0.2, 0) is 27.8 Å². The highest BCUT2D eigenvalue weighted by Gasteiger charge is 2.29. The number of hydrogen-bond donors (Lipinski definition) is 0. The van der Waals surface area contributed by atoms with Gasteiger partial charge in [0.15, 0.2) is 5.82 Å². The Balaban J connectivity index is 1.52. The molecule has 0 bridgehead atoms. The van der Waals surface area contributed by atoms with Crippen LogP contribution in [0.15, 0.2) is 48.5 Å². The van der Waals surface area contributed by atoms with Crippen molar-refractivity contribution in [2.75, 3.05) is 18.1 Å². The molecule has 1 aliphatic rings. The van der Waals surface area contributed by atoms with Crippen LogP contribution >= 0.6 is 22.9 Å². The number of amides is 1. The number of rotatable bonds is 6. The van der Waals surface area contributed by atoms with Gasteiger partial charge >= 0.3 is 5.97 Å². The second kappa shape index (κ2) is 9.53. The summed E-state index contributed by atoms with van der Waals surface area (Å²) in [5.41, 5.74) is 6.63. The number of esters is 1. The standard InChI is InChI=1S/C29H25ClN4O3S/c1-4-37-25(36)15-20-16(2)13-22-27(26(20)17-5-8-19(30)9-6-17)38-29(31-22)18-7-10-23-21(14-18)28(32-33(23)3)34-12-11-24(34)35/h5-10,13-14H,4,11-12,15H2,1-3H3. The monoisotopic (exact) mass is 544 g/mol. The molecule has 6 rings (SSSR count). The third-order valence-electron chi connectivity index (χ3n) is 6.95. The summed E-state index contributed by atoms with van der Waals surface area (Å²) in [7, 11) is 1.89. The van der Waals surface area contributed by atoms with Crippen molar-refractivity contribution in [2.24, 2.45) is 7.05 Å². The van der Waals surface area contributed by atoms with Crippen LogP contribution in [0.3, 0.4) is 0 Å². The maximum absolute atomic E-state index is 12.5. The fourth-order valence-corrected chi connectivity index (χ4v) is 6.24. The first-order valence-corrected chi connectivity index (χ1v) is 13.7. The molecule has 0 radical (unpaired) electrons. The van der Waals surface area contributed by atoms with Crippen molar-refractivity contribution in [3.8, 4) is 21.7 Å². The van der Waals surface area contributed by atoms with Gasteiger partial charge in [-0.15, -0.1) is 11.3 Å². The summed E-state index contributed by atoms with van der Waals surface area (Å²) in [5.74, 6) is 0.522. The fraction of sp³-hybridized carbons (Fsp3) is 0.241. The van der Waals surface area contributed by atoms with Gasteiger partial charge < -0.3 is 4.74 Å². The number of nitrogens with zero attached hydrogens (tertiary/aromatic N) is 4. The number of ether oxygens (including phenoxy) is 1. The predicted molar refractivity (Wildman–Crippen MR) is 152 cm³/mol. The second-order valence-electron chi connectivity index (χ2n) is 9.38. The van der Waals surface area contributed by atoms with Crippen LogP contribution in [0.5, 0.6) is 0 Å². The van der Waals surface area contributed by atoms with E-state index in [-0.39, 0.29) is 18.3 Å². The number of β-lactam (4-membered cyclic amide) rings is 1. The van der Waals surface area contributed by atoms with Crippen molar-refractivity contribution in [1.29, 1.82) is 0 Å². The summed E-state index contributed by atoms with van der Waals surface area (Å²) in [6, 6.07) is 15.8. The van der Waals surface area contributed by atoms with E-state index in [9.17, 15) is 9.59 Å². The van der Waals surface area contributed by atoms with Crippen LogP contribution in [0.1, 0.15) is 24.5 Å². The molecule has 1 saturated heterocycles. The zero-order valence-electron chi connectivity index (χ0n) is 21.2. The average molecular weight is 545 g/mol. The van der Waals surface area contributed by atoms with Gasteiger partial charge in [0.05, 0.1) is 28.8 Å². The van der Waals surface area contributed by atoms with E-state index < -0.39 is 0 Å². The van der Waals surface area contributed by atoms with Gasteiger partial charge in [0.1, 0.15) is 5.01 Å². The van der Waals surface area contributed by atoms with Crippen molar-refractivity contribution in [1.82, 2.24) is 14.8 Å². The van der Waals surface area contributed by atoms with Gasteiger partial charge in [-0.2, -0.15) is 5.10 Å². The van der Waals surface area contributed by atoms with E-state index in [2.05, 4.69) is 11.2 Å². The number of anilines is 1. The minimum absolute atomic E-state index is 0.0904. The van der Waals surface area contributed by atoms with Crippen molar-refractivity contribution in [2.45, 2.75) is 26.7 Å². The minimum Gasteiger partial charge on any atom is -0.466 e. The predicted octanol–water partition coefficient (Wildman–Crippen LogP) is 6.32. The Morgan fingerprint density at radius 2 is 1.89 bits per heavy atom. The number of hydrogen-bond acceptors (Lipinski definition) is 6. The maximum atomic E-state index is 12.5. The lowest BCUT2D eigenvalue weighted by molar-refractivity contribution is -0.142. The number of halogens is 1. The molecule has 5 aromatic rings. The Kier molecular flexibility index (Phi) is 6.16. The largest absolute Gasteiger partial charge is 0.466 e. The highest BCUT2D eigenvalue weighted by molar-refractivity contribution is 7.22. The van der Waals surface area contributed by atoms with Gasteiger partial charge in [-0.25, -0.2) is 4.98 Å². The first kappa shape index (κ1) is 24.6. The number of thiazole rings is 1. The Labute approximate surface area is 228 Å². The smallest absolute Gasteiger partial charge is 0.310 e. The molecule has 1 fully saturated rings. The third-order valence-corrected chi connectivity index (χ3v) is 8.34. The van der Waals surface area contributed by atoms with Gasteiger partial charge in [0, 0.05) is 41.5 Å². The maximum Gasteiger partial charge on any atom is 0.310 e. The molecule has 2 aromatic heterocycles. The molecule has 0 spiro atoms. The van der Waals surface area contributed by atoms with E-state index in [0.717, 1.165) is 53.9 Å². The van der Waals surface area contributed by atoms with Crippen molar-refractivity contribution in [3.05, 3.63) is 64.7 Å². The first-order chi connectivity index (χ1) is 18.3. The van der Waals surface area contributed by atoms with Gasteiger partial charge in [0.2, 0.25) is 5.91 Å². The van der Waals surface area contributed by atoms with Gasteiger partial charge in [-0.1, -0.05) is 23.7 Å². The lowest BCUT2D eigenvalue weighted by Crippen LogP contribution is -2.43. The molecule has 192 valence electrons. The third kappa shape index (κ3) is 4.14. The topological polar surface area (TPSA) is 77.3 Å². The minimum atomic E-state index is -0.259. The summed E-state index contributed by atoms with van der Waals surface area (Å²) < 4.78 is 8.09. The summed E-state index contributed by atoms with van der Waals surface area (Å²) in [6.45, 7) is 4.84. The molecule has 1 amide bonds. The number of carbonyl (C=O) groups is 2. The molecule has 1 aliphatic heterocycles. The normalized spacial score (nSPS) is 13.4. The van der Waals surface area contributed by atoms with Gasteiger partial charge in [-0.05, 0) is 66.9 Å². The van der Waals surface area contributed by atoms with E-state index >= 15 is 0 Å². The molecular weight excluding hydrogens is 520 g/mol. The van der Waals surface area contributed by atoms with E-state index in [1.54, 1.807) is 16.2 Å². The van der Waals surface area contributed by atoms with Gasteiger partial charge in [0.25, 0.3) is 0 Å². The van der Waals surface area contributed by atoms with Crippen LogP contribution in [-0.4, -0.2) is 39.8 Å². The van der Waals surface area contributed by atoms with Crippen molar-refractivity contribution in [3.63, 3.8) is 0 Å². The lowest BCUT2D eigenvalue weighted by atomic mass is 9.93. The number of benzene rings is 3. The lowest BCUT2D eigenvalue weighted by Gasteiger charge is -2.28. The molecular formula is C29H25ClN4O3S. The van der Waals surface area contributed by atoms with E-state index in [1.165, 1.54) is 0 Å². The van der Waals surface area contributed by atoms with Crippen molar-refractivity contribution >= 4 is 61.8 Å². The molecule has 0 atom stereocenters. The molecule has 0 unspecified atom stereocenters. The van der Waals surface area contributed by atoms with Crippen LogP contribution < -0.4 is 4.90 Å². The molecule has 3 aromatic carbocycles. The molecule has 0 saturated carbocycles. The molecule has 3 heterocycles. The second-order valence-corrected chi connectivity index (χ2v) is 10.8.